The molecule has 1 amide bonds. The zero-order chi connectivity index (χ0) is 14.5. The molecule has 0 aliphatic rings. The molecular formula is C14H10Cl3NOS. The Hall–Kier alpha value is -0.870. The van der Waals surface area contributed by atoms with Crippen LogP contribution >= 0.6 is 46.6 Å². The van der Waals surface area contributed by atoms with Crippen LogP contribution in [-0.2, 0) is 4.79 Å². The molecule has 20 heavy (non-hydrogen) atoms. The summed E-state index contributed by atoms with van der Waals surface area (Å²) in [5.74, 6) is 0.137. The van der Waals surface area contributed by atoms with Gasteiger partial charge in [-0.3, -0.25) is 4.79 Å². The zero-order valence-corrected chi connectivity index (χ0v) is 13.3. The molecule has 0 saturated heterocycles. The van der Waals surface area contributed by atoms with Gasteiger partial charge in [0.05, 0.1) is 26.5 Å². The van der Waals surface area contributed by atoms with E-state index in [-0.39, 0.29) is 11.7 Å². The Labute approximate surface area is 136 Å². The maximum atomic E-state index is 11.8. The molecule has 0 aromatic heterocycles. The lowest BCUT2D eigenvalue weighted by atomic mass is 10.3. The minimum atomic E-state index is -0.130. The lowest BCUT2D eigenvalue weighted by molar-refractivity contribution is -0.113. The summed E-state index contributed by atoms with van der Waals surface area (Å²) < 4.78 is 0. The summed E-state index contributed by atoms with van der Waals surface area (Å²) in [6, 6.07) is 12.4. The first-order valence-corrected chi connectivity index (χ1v) is 7.80. The maximum absolute atomic E-state index is 11.8. The van der Waals surface area contributed by atoms with E-state index in [0.29, 0.717) is 20.8 Å². The number of benzene rings is 2. The summed E-state index contributed by atoms with van der Waals surface area (Å²) in [4.78, 5) is 12.7. The predicted molar refractivity (Wildman–Crippen MR) is 87.3 cm³/mol. The number of rotatable bonds is 4. The Balaban J connectivity index is 1.92. The molecule has 0 bridgehead atoms. The average Bonchev–Trinajstić information content (AvgIpc) is 2.43. The van der Waals surface area contributed by atoms with Gasteiger partial charge in [-0.05, 0) is 30.3 Å². The molecule has 2 nitrogen and oxygen atoms in total. The van der Waals surface area contributed by atoms with Crippen molar-refractivity contribution in [1.82, 2.24) is 0 Å². The highest BCUT2D eigenvalue weighted by molar-refractivity contribution is 8.00. The fraction of sp³-hybridized carbons (Fsp3) is 0.0714. The van der Waals surface area contributed by atoms with Crippen LogP contribution in [0.3, 0.4) is 0 Å². The van der Waals surface area contributed by atoms with E-state index >= 15 is 0 Å². The topological polar surface area (TPSA) is 29.1 Å². The van der Waals surface area contributed by atoms with Crippen LogP contribution in [0, 0.1) is 0 Å². The molecule has 104 valence electrons. The second-order valence-corrected chi connectivity index (χ2v) is 6.16. The Bertz CT molecular complexity index is 634. The van der Waals surface area contributed by atoms with E-state index in [1.807, 2.05) is 18.2 Å². The Morgan fingerprint density at radius 1 is 1.00 bits per heavy atom. The summed E-state index contributed by atoms with van der Waals surface area (Å²) in [5.41, 5.74) is 0.605. The van der Waals surface area contributed by atoms with E-state index in [2.05, 4.69) is 5.32 Å². The fourth-order valence-corrected chi connectivity index (χ4v) is 2.75. The third-order valence-electron chi connectivity index (χ3n) is 2.41. The molecule has 0 spiro atoms. The number of carbonyl (C=O) groups excluding carboxylic acids is 1. The van der Waals surface area contributed by atoms with Gasteiger partial charge in [-0.15, -0.1) is 11.8 Å². The summed E-state index contributed by atoms with van der Waals surface area (Å²) >= 11 is 19.1. The van der Waals surface area contributed by atoms with Gasteiger partial charge in [0.1, 0.15) is 0 Å². The molecule has 0 unspecified atom stereocenters. The van der Waals surface area contributed by atoms with E-state index in [0.717, 1.165) is 4.90 Å². The van der Waals surface area contributed by atoms with Crippen LogP contribution in [0.15, 0.2) is 47.4 Å². The van der Waals surface area contributed by atoms with Crippen molar-refractivity contribution in [2.75, 3.05) is 11.1 Å². The number of anilines is 1. The minimum absolute atomic E-state index is 0.130. The van der Waals surface area contributed by atoms with Crippen LogP contribution < -0.4 is 5.32 Å². The first-order valence-electron chi connectivity index (χ1n) is 5.68. The largest absolute Gasteiger partial charge is 0.324 e. The molecule has 6 heteroatoms. The molecule has 2 aromatic rings. The molecule has 0 atom stereocenters. The molecule has 0 aliphatic heterocycles. The molecule has 0 radical (unpaired) electrons. The van der Waals surface area contributed by atoms with E-state index in [4.69, 9.17) is 34.8 Å². The standard InChI is InChI=1S/C14H10Cl3NOS/c15-10-6-5-9(7-12(10)17)20-8-14(19)18-13-4-2-1-3-11(13)16/h1-7H,8H2,(H,18,19). The van der Waals surface area contributed by atoms with Gasteiger partial charge >= 0.3 is 0 Å². The second-order valence-electron chi connectivity index (χ2n) is 3.89. The van der Waals surface area contributed by atoms with Crippen molar-refractivity contribution in [3.05, 3.63) is 57.5 Å². The highest BCUT2D eigenvalue weighted by atomic mass is 35.5. The zero-order valence-electron chi connectivity index (χ0n) is 10.2. The third-order valence-corrected chi connectivity index (χ3v) is 4.47. The SMILES string of the molecule is O=C(CSc1ccc(Cl)c(Cl)c1)Nc1ccccc1Cl. The number of nitrogens with one attached hydrogen (secondary N) is 1. The number of carbonyl (C=O) groups is 1. The quantitative estimate of drug-likeness (QED) is 0.753. The number of halogens is 3. The molecule has 2 aromatic carbocycles. The summed E-state index contributed by atoms with van der Waals surface area (Å²) in [7, 11) is 0. The van der Waals surface area contributed by atoms with E-state index in [9.17, 15) is 4.79 Å². The average molecular weight is 347 g/mol. The summed E-state index contributed by atoms with van der Waals surface area (Å²) in [5, 5.41) is 4.24. The van der Waals surface area contributed by atoms with Crippen molar-refractivity contribution in [2.45, 2.75) is 4.90 Å². The van der Waals surface area contributed by atoms with Crippen molar-refractivity contribution in [3.8, 4) is 0 Å². The molecule has 2 rings (SSSR count). The van der Waals surface area contributed by atoms with Crippen LogP contribution in [-0.4, -0.2) is 11.7 Å². The molecule has 1 N–H and O–H groups in total. The lowest BCUT2D eigenvalue weighted by Gasteiger charge is -2.07. The van der Waals surface area contributed by atoms with Crippen LogP contribution in [0.4, 0.5) is 5.69 Å². The first-order chi connectivity index (χ1) is 9.56. The maximum Gasteiger partial charge on any atom is 0.234 e. The number of hydrogen-bond acceptors (Lipinski definition) is 2. The predicted octanol–water partition coefficient (Wildman–Crippen LogP) is 5.38. The van der Waals surface area contributed by atoms with Crippen LogP contribution in [0.5, 0.6) is 0 Å². The van der Waals surface area contributed by atoms with Gasteiger partial charge in [0.2, 0.25) is 5.91 Å². The normalized spacial score (nSPS) is 10.3. The van der Waals surface area contributed by atoms with Crippen molar-refractivity contribution in [3.63, 3.8) is 0 Å². The molecular weight excluding hydrogens is 337 g/mol. The molecule has 0 heterocycles. The minimum Gasteiger partial charge on any atom is -0.324 e. The van der Waals surface area contributed by atoms with E-state index < -0.39 is 0 Å². The molecule has 0 fully saturated rings. The van der Waals surface area contributed by atoms with Gasteiger partial charge in [-0.2, -0.15) is 0 Å². The highest BCUT2D eigenvalue weighted by Crippen LogP contribution is 2.28. The number of hydrogen-bond donors (Lipinski definition) is 1. The number of thioether (sulfide) groups is 1. The Morgan fingerprint density at radius 3 is 2.45 bits per heavy atom. The van der Waals surface area contributed by atoms with Gasteiger partial charge < -0.3 is 5.32 Å². The van der Waals surface area contributed by atoms with Crippen LogP contribution in [0.1, 0.15) is 0 Å². The Kier molecular flexibility index (Phi) is 5.61. The smallest absolute Gasteiger partial charge is 0.234 e. The van der Waals surface area contributed by atoms with Crippen molar-refractivity contribution < 1.29 is 4.79 Å². The van der Waals surface area contributed by atoms with Crippen molar-refractivity contribution in [2.24, 2.45) is 0 Å². The van der Waals surface area contributed by atoms with Gasteiger partial charge in [0.25, 0.3) is 0 Å². The number of para-hydroxylation sites is 1. The van der Waals surface area contributed by atoms with Crippen LogP contribution in [0.25, 0.3) is 0 Å². The molecule has 0 aliphatic carbocycles. The van der Waals surface area contributed by atoms with Gasteiger partial charge in [0.15, 0.2) is 0 Å². The lowest BCUT2D eigenvalue weighted by Crippen LogP contribution is -2.14. The van der Waals surface area contributed by atoms with Crippen molar-refractivity contribution in [1.29, 1.82) is 0 Å². The number of amides is 1. The van der Waals surface area contributed by atoms with Crippen molar-refractivity contribution >= 4 is 58.2 Å². The third kappa shape index (κ3) is 4.32. The molecule has 0 saturated carbocycles. The first kappa shape index (κ1) is 15.5. The highest BCUT2D eigenvalue weighted by Gasteiger charge is 2.07. The van der Waals surface area contributed by atoms with Gasteiger partial charge in [-0.1, -0.05) is 46.9 Å². The fourth-order valence-electron chi connectivity index (χ4n) is 1.46. The van der Waals surface area contributed by atoms with E-state index in [1.165, 1.54) is 11.8 Å². The summed E-state index contributed by atoms with van der Waals surface area (Å²) in [6.07, 6.45) is 0. The Morgan fingerprint density at radius 2 is 1.75 bits per heavy atom. The monoisotopic (exact) mass is 345 g/mol. The van der Waals surface area contributed by atoms with Gasteiger partial charge in [0, 0.05) is 4.90 Å². The second kappa shape index (κ2) is 7.23. The summed E-state index contributed by atoms with van der Waals surface area (Å²) in [6.45, 7) is 0. The van der Waals surface area contributed by atoms with E-state index in [1.54, 1.807) is 24.3 Å². The van der Waals surface area contributed by atoms with Crippen LogP contribution in [0.2, 0.25) is 15.1 Å². The van der Waals surface area contributed by atoms with Gasteiger partial charge in [-0.25, -0.2) is 0 Å².